The van der Waals surface area contributed by atoms with Crippen LogP contribution in [0, 0.1) is 5.92 Å². The summed E-state index contributed by atoms with van der Waals surface area (Å²) in [7, 11) is 1.71. The van der Waals surface area contributed by atoms with Gasteiger partial charge in [0.1, 0.15) is 0 Å². The summed E-state index contributed by atoms with van der Waals surface area (Å²) in [5, 5.41) is 21.4. The van der Waals surface area contributed by atoms with Crippen molar-refractivity contribution in [3.8, 4) is 0 Å². The van der Waals surface area contributed by atoms with Crippen molar-refractivity contribution < 1.29 is 9.84 Å². The molecule has 2 rings (SSSR count). The summed E-state index contributed by atoms with van der Waals surface area (Å²) in [6, 6.07) is 0. The van der Waals surface area contributed by atoms with Crippen LogP contribution in [0.3, 0.4) is 0 Å². The first-order valence-electron chi connectivity index (χ1n) is 4.74. The minimum Gasteiger partial charge on any atom is -0.392 e. The molecule has 78 valence electrons. The molecule has 2 heterocycles. The third kappa shape index (κ3) is 2.08. The molecule has 14 heavy (non-hydrogen) atoms. The molecule has 1 fully saturated rings. The number of aryl methyl sites for hydroxylation is 1. The Kier molecular flexibility index (Phi) is 2.74. The van der Waals surface area contributed by atoms with Crippen LogP contribution in [-0.2, 0) is 18.2 Å². The second-order valence-corrected chi connectivity index (χ2v) is 3.59. The Morgan fingerprint density at radius 2 is 2.57 bits per heavy atom. The molecule has 2 unspecified atom stereocenters. The Hall–Kier alpha value is -1.01. The average molecular weight is 198 g/mol. The highest BCUT2D eigenvalue weighted by Gasteiger charge is 2.25. The van der Waals surface area contributed by atoms with Crippen LogP contribution in [0.15, 0.2) is 0 Å². The summed E-state index contributed by atoms with van der Waals surface area (Å²) in [6.45, 7) is 1.39. The fourth-order valence-electron chi connectivity index (χ4n) is 1.61. The first-order valence-corrected chi connectivity index (χ1v) is 4.74. The van der Waals surface area contributed by atoms with E-state index >= 15 is 0 Å². The molecule has 0 spiro atoms. The van der Waals surface area contributed by atoms with Gasteiger partial charge in [0, 0.05) is 18.9 Å². The van der Waals surface area contributed by atoms with E-state index < -0.39 is 6.10 Å². The number of aromatic nitrogens is 4. The lowest BCUT2D eigenvalue weighted by atomic mass is 9.99. The Balaban J connectivity index is 1.90. The van der Waals surface area contributed by atoms with Crippen LogP contribution in [0.1, 0.15) is 12.2 Å². The minimum absolute atomic E-state index is 0.221. The minimum atomic E-state index is -0.415. The maximum atomic E-state index is 9.81. The maximum absolute atomic E-state index is 9.81. The van der Waals surface area contributed by atoms with Crippen LogP contribution < -0.4 is 0 Å². The molecule has 0 radical (unpaired) electrons. The molecule has 1 N–H and O–H groups in total. The number of rotatable bonds is 3. The second kappa shape index (κ2) is 4.02. The molecule has 1 aromatic heterocycles. The van der Waals surface area contributed by atoms with Crippen LogP contribution in [0.25, 0.3) is 0 Å². The van der Waals surface area contributed by atoms with Crippen molar-refractivity contribution in [1.29, 1.82) is 0 Å². The smallest absolute Gasteiger partial charge is 0.177 e. The predicted molar refractivity (Wildman–Crippen MR) is 47.4 cm³/mol. The summed E-state index contributed by atoms with van der Waals surface area (Å²) in [5.41, 5.74) is 0. The van der Waals surface area contributed by atoms with Gasteiger partial charge in [0.25, 0.3) is 0 Å². The van der Waals surface area contributed by atoms with Gasteiger partial charge >= 0.3 is 0 Å². The number of hydrogen-bond acceptors (Lipinski definition) is 5. The SMILES string of the molecule is Cn1nnc(CC(O)C2CCOC2)n1. The zero-order valence-corrected chi connectivity index (χ0v) is 8.13. The normalized spacial score (nSPS) is 24.0. The van der Waals surface area contributed by atoms with Gasteiger partial charge in [-0.15, -0.1) is 10.2 Å². The fourth-order valence-corrected chi connectivity index (χ4v) is 1.61. The molecule has 6 nitrogen and oxygen atoms in total. The van der Waals surface area contributed by atoms with Crippen LogP contribution in [-0.4, -0.2) is 44.6 Å². The quantitative estimate of drug-likeness (QED) is 0.685. The van der Waals surface area contributed by atoms with Crippen molar-refractivity contribution in [2.75, 3.05) is 13.2 Å². The highest BCUT2D eigenvalue weighted by atomic mass is 16.5. The van der Waals surface area contributed by atoms with E-state index in [0.29, 0.717) is 18.9 Å². The summed E-state index contributed by atoms with van der Waals surface area (Å²) < 4.78 is 5.20. The lowest BCUT2D eigenvalue weighted by Crippen LogP contribution is -2.23. The molecular weight excluding hydrogens is 184 g/mol. The Morgan fingerprint density at radius 3 is 3.14 bits per heavy atom. The number of aliphatic hydroxyl groups excluding tert-OH is 1. The zero-order valence-electron chi connectivity index (χ0n) is 8.13. The van der Waals surface area contributed by atoms with E-state index in [1.807, 2.05) is 0 Å². The Labute approximate surface area is 81.9 Å². The zero-order chi connectivity index (χ0) is 9.97. The van der Waals surface area contributed by atoms with Crippen LogP contribution in [0.5, 0.6) is 0 Å². The molecule has 1 saturated heterocycles. The standard InChI is InChI=1S/C8H14N4O2/c1-12-10-8(9-11-12)4-7(13)6-2-3-14-5-6/h6-7,13H,2-5H2,1H3. The molecule has 0 aromatic carbocycles. The number of hydrogen-bond donors (Lipinski definition) is 1. The van der Waals surface area contributed by atoms with Crippen molar-refractivity contribution >= 4 is 0 Å². The van der Waals surface area contributed by atoms with Gasteiger partial charge in [0.2, 0.25) is 0 Å². The first kappa shape index (κ1) is 9.54. The highest BCUT2D eigenvalue weighted by Crippen LogP contribution is 2.18. The highest BCUT2D eigenvalue weighted by molar-refractivity contribution is 4.85. The van der Waals surface area contributed by atoms with E-state index in [-0.39, 0.29) is 5.92 Å². The fraction of sp³-hybridized carbons (Fsp3) is 0.875. The van der Waals surface area contributed by atoms with E-state index in [2.05, 4.69) is 15.4 Å². The van der Waals surface area contributed by atoms with E-state index in [0.717, 1.165) is 13.0 Å². The monoisotopic (exact) mass is 198 g/mol. The van der Waals surface area contributed by atoms with Gasteiger partial charge < -0.3 is 9.84 Å². The summed E-state index contributed by atoms with van der Waals surface area (Å²) in [6.07, 6.45) is 0.963. The van der Waals surface area contributed by atoms with Gasteiger partial charge in [-0.2, -0.15) is 4.80 Å². The lowest BCUT2D eigenvalue weighted by Gasteiger charge is -2.13. The van der Waals surface area contributed by atoms with Crippen molar-refractivity contribution in [1.82, 2.24) is 20.2 Å². The average Bonchev–Trinajstić information content (AvgIpc) is 2.75. The summed E-state index contributed by atoms with van der Waals surface area (Å²) in [5.74, 6) is 0.811. The van der Waals surface area contributed by atoms with Crippen LogP contribution in [0.4, 0.5) is 0 Å². The van der Waals surface area contributed by atoms with Gasteiger partial charge in [-0.05, 0) is 11.6 Å². The summed E-state index contributed by atoms with van der Waals surface area (Å²) in [4.78, 5) is 1.40. The van der Waals surface area contributed by atoms with Crippen LogP contribution >= 0.6 is 0 Å². The third-order valence-electron chi connectivity index (χ3n) is 2.45. The Bertz CT molecular complexity index is 295. The molecule has 0 bridgehead atoms. The van der Waals surface area contributed by atoms with Gasteiger partial charge in [-0.1, -0.05) is 0 Å². The molecule has 0 amide bonds. The van der Waals surface area contributed by atoms with Crippen molar-refractivity contribution in [2.24, 2.45) is 13.0 Å². The molecular formula is C8H14N4O2. The van der Waals surface area contributed by atoms with Crippen molar-refractivity contribution in [2.45, 2.75) is 18.9 Å². The molecule has 0 aliphatic carbocycles. The largest absolute Gasteiger partial charge is 0.392 e. The molecule has 1 aliphatic rings. The van der Waals surface area contributed by atoms with E-state index in [4.69, 9.17) is 4.74 Å². The van der Waals surface area contributed by atoms with E-state index in [1.54, 1.807) is 7.05 Å². The summed E-state index contributed by atoms with van der Waals surface area (Å²) >= 11 is 0. The van der Waals surface area contributed by atoms with Crippen molar-refractivity contribution in [3.05, 3.63) is 5.82 Å². The number of aliphatic hydroxyl groups is 1. The molecule has 0 saturated carbocycles. The second-order valence-electron chi connectivity index (χ2n) is 3.59. The van der Waals surface area contributed by atoms with Gasteiger partial charge in [0.15, 0.2) is 5.82 Å². The van der Waals surface area contributed by atoms with Gasteiger partial charge in [-0.3, -0.25) is 0 Å². The number of nitrogens with zero attached hydrogens (tertiary/aromatic N) is 4. The predicted octanol–water partition coefficient (Wildman–Crippen LogP) is -0.850. The Morgan fingerprint density at radius 1 is 1.71 bits per heavy atom. The van der Waals surface area contributed by atoms with E-state index in [1.165, 1.54) is 4.80 Å². The lowest BCUT2D eigenvalue weighted by molar-refractivity contribution is 0.0902. The number of tetrazole rings is 1. The molecule has 6 heteroatoms. The first-order chi connectivity index (χ1) is 6.75. The molecule has 1 aliphatic heterocycles. The van der Waals surface area contributed by atoms with Crippen molar-refractivity contribution in [3.63, 3.8) is 0 Å². The van der Waals surface area contributed by atoms with Gasteiger partial charge in [0.05, 0.1) is 19.8 Å². The maximum Gasteiger partial charge on any atom is 0.177 e. The number of ether oxygens (including phenoxy) is 1. The third-order valence-corrected chi connectivity index (χ3v) is 2.45. The topological polar surface area (TPSA) is 73.1 Å². The van der Waals surface area contributed by atoms with Gasteiger partial charge in [-0.25, -0.2) is 0 Å². The molecule has 1 aromatic rings. The van der Waals surface area contributed by atoms with E-state index in [9.17, 15) is 5.11 Å². The van der Waals surface area contributed by atoms with Crippen LogP contribution in [0.2, 0.25) is 0 Å². The molecule has 2 atom stereocenters.